The molecule has 0 saturated carbocycles. The molecule has 3 nitrogen and oxygen atoms in total. The van der Waals surface area contributed by atoms with Crippen molar-refractivity contribution in [3.05, 3.63) is 77.0 Å². The molecule has 140 valence electrons. The summed E-state index contributed by atoms with van der Waals surface area (Å²) in [5.74, 6) is -1.24. The van der Waals surface area contributed by atoms with Crippen LogP contribution in [0.15, 0.2) is 53.1 Å². The van der Waals surface area contributed by atoms with E-state index in [2.05, 4.69) is 4.98 Å². The number of carbonyl (C=O) groups excluding carboxylic acids is 1. The van der Waals surface area contributed by atoms with E-state index < -0.39 is 11.9 Å². The van der Waals surface area contributed by atoms with Gasteiger partial charge in [-0.2, -0.15) is 13.2 Å². The number of Topliss-reactive ketones (excluding diaryl/α,β-unsaturated/α-hetero) is 1. The van der Waals surface area contributed by atoms with E-state index in [-0.39, 0.29) is 29.9 Å². The van der Waals surface area contributed by atoms with Crippen molar-refractivity contribution in [2.24, 2.45) is 0 Å². The Kier molecular flexibility index (Phi) is 5.17. The van der Waals surface area contributed by atoms with Crippen molar-refractivity contribution < 1.29 is 22.4 Å². The van der Waals surface area contributed by atoms with Crippen LogP contribution in [0.5, 0.6) is 0 Å². The average Bonchev–Trinajstić information content (AvgIpc) is 2.96. The number of nitrogens with zero attached hydrogens (tertiary/aromatic N) is 1. The molecule has 0 bridgehead atoms. The zero-order valence-corrected chi connectivity index (χ0v) is 14.9. The molecule has 3 aromatic rings. The fraction of sp³-hybridized carbons (Fsp3) is 0.238. The van der Waals surface area contributed by atoms with Crippen LogP contribution in [-0.2, 0) is 23.8 Å². The molecule has 0 unspecified atom stereocenters. The first kappa shape index (κ1) is 18.9. The molecule has 0 saturated heterocycles. The van der Waals surface area contributed by atoms with Crippen LogP contribution in [0.1, 0.15) is 28.3 Å². The summed E-state index contributed by atoms with van der Waals surface area (Å²) in [4.78, 5) is 16.4. The third-order valence-corrected chi connectivity index (χ3v) is 4.16. The van der Waals surface area contributed by atoms with E-state index in [1.807, 2.05) is 43.3 Å². The summed E-state index contributed by atoms with van der Waals surface area (Å²) < 4.78 is 43.6. The molecule has 0 amide bonds. The van der Waals surface area contributed by atoms with Gasteiger partial charge in [-0.05, 0) is 48.7 Å². The Morgan fingerprint density at radius 1 is 1.00 bits per heavy atom. The summed E-state index contributed by atoms with van der Waals surface area (Å²) in [7, 11) is 0. The molecule has 2 heterocycles. The van der Waals surface area contributed by atoms with Crippen LogP contribution < -0.4 is 0 Å². The number of carbonyl (C=O) groups is 1. The van der Waals surface area contributed by atoms with Gasteiger partial charge in [0, 0.05) is 30.3 Å². The monoisotopic (exact) mass is 373 g/mol. The minimum Gasteiger partial charge on any atom is -0.456 e. The summed E-state index contributed by atoms with van der Waals surface area (Å²) in [6.45, 7) is 3.34. The zero-order valence-electron chi connectivity index (χ0n) is 14.9. The largest absolute Gasteiger partial charge is 0.456 e. The van der Waals surface area contributed by atoms with Crippen molar-refractivity contribution in [2.45, 2.75) is 32.9 Å². The number of alkyl halides is 3. The summed E-state index contributed by atoms with van der Waals surface area (Å²) in [5.41, 5.74) is 3.55. The number of hydrogen-bond acceptors (Lipinski definition) is 3. The van der Waals surface area contributed by atoms with E-state index in [0.29, 0.717) is 0 Å². The van der Waals surface area contributed by atoms with Crippen LogP contribution >= 0.6 is 0 Å². The Hall–Kier alpha value is -2.89. The zero-order chi connectivity index (χ0) is 19.6. The van der Waals surface area contributed by atoms with Gasteiger partial charge in [-0.25, -0.2) is 0 Å². The van der Waals surface area contributed by atoms with Gasteiger partial charge >= 0.3 is 6.18 Å². The van der Waals surface area contributed by atoms with E-state index in [1.54, 1.807) is 6.20 Å². The first-order chi connectivity index (χ1) is 12.7. The number of aromatic nitrogens is 1. The van der Waals surface area contributed by atoms with Crippen molar-refractivity contribution in [1.29, 1.82) is 0 Å². The first-order valence-electron chi connectivity index (χ1n) is 8.42. The molecular weight excluding hydrogens is 355 g/mol. The predicted molar refractivity (Wildman–Crippen MR) is 95.3 cm³/mol. The van der Waals surface area contributed by atoms with Gasteiger partial charge in [-0.15, -0.1) is 0 Å². The molecule has 0 N–H and O–H groups in total. The van der Waals surface area contributed by atoms with Gasteiger partial charge < -0.3 is 4.42 Å². The molecule has 0 spiro atoms. The van der Waals surface area contributed by atoms with Crippen LogP contribution in [0.4, 0.5) is 13.2 Å². The fourth-order valence-electron chi connectivity index (χ4n) is 2.98. The van der Waals surface area contributed by atoms with Gasteiger partial charge in [0.05, 0.1) is 0 Å². The van der Waals surface area contributed by atoms with Crippen LogP contribution in [0, 0.1) is 13.8 Å². The lowest BCUT2D eigenvalue weighted by Gasteiger charge is -2.07. The molecule has 27 heavy (non-hydrogen) atoms. The lowest BCUT2D eigenvalue weighted by atomic mass is 9.99. The summed E-state index contributed by atoms with van der Waals surface area (Å²) in [6.07, 6.45) is -3.11. The van der Waals surface area contributed by atoms with Crippen molar-refractivity contribution >= 4 is 5.78 Å². The third kappa shape index (κ3) is 4.64. The normalized spacial score (nSPS) is 11.6. The second kappa shape index (κ2) is 7.39. The highest BCUT2D eigenvalue weighted by Gasteiger charge is 2.38. The molecule has 3 rings (SSSR count). The minimum atomic E-state index is -4.60. The van der Waals surface area contributed by atoms with E-state index in [1.165, 1.54) is 13.0 Å². The molecule has 0 radical (unpaired) electrons. The van der Waals surface area contributed by atoms with Gasteiger partial charge in [0.2, 0.25) is 5.76 Å². The third-order valence-electron chi connectivity index (χ3n) is 4.16. The molecule has 0 fully saturated rings. The smallest absolute Gasteiger partial charge is 0.449 e. The number of pyridine rings is 1. The highest BCUT2D eigenvalue weighted by molar-refractivity contribution is 5.83. The molecule has 0 aliphatic heterocycles. The number of benzene rings is 1. The number of aryl methyl sites for hydroxylation is 2. The Morgan fingerprint density at radius 3 is 2.33 bits per heavy atom. The van der Waals surface area contributed by atoms with Gasteiger partial charge in [0.15, 0.2) is 0 Å². The van der Waals surface area contributed by atoms with E-state index >= 15 is 0 Å². The van der Waals surface area contributed by atoms with Crippen LogP contribution in [-0.4, -0.2) is 10.8 Å². The lowest BCUT2D eigenvalue weighted by molar-refractivity contribution is -0.154. The van der Waals surface area contributed by atoms with Crippen molar-refractivity contribution in [3.8, 4) is 11.1 Å². The topological polar surface area (TPSA) is 43.1 Å². The summed E-state index contributed by atoms with van der Waals surface area (Å²) in [6, 6.07) is 12.5. The second-order valence-electron chi connectivity index (χ2n) is 6.48. The Morgan fingerprint density at radius 2 is 1.70 bits per heavy atom. The maximum absolute atomic E-state index is 13.0. The standard InChI is InChI=1S/C21H18F3NO2/c1-13-9-17(7-8-25-13)16-5-3-15(4-6-16)11-19(26)12-18-10-14(2)27-20(18)21(22,23)24/h3-10H,11-12H2,1-2H3. The fourth-order valence-corrected chi connectivity index (χ4v) is 2.98. The number of ketones is 1. The molecule has 1 aromatic carbocycles. The Balaban J connectivity index is 1.70. The summed E-state index contributed by atoms with van der Waals surface area (Å²) in [5, 5.41) is 0. The van der Waals surface area contributed by atoms with Gasteiger partial charge in [0.1, 0.15) is 11.5 Å². The Bertz CT molecular complexity index is 956. The van der Waals surface area contributed by atoms with Gasteiger partial charge in [-0.3, -0.25) is 9.78 Å². The number of hydrogen-bond donors (Lipinski definition) is 0. The molecule has 0 atom stereocenters. The molecule has 0 aliphatic rings. The van der Waals surface area contributed by atoms with E-state index in [0.717, 1.165) is 22.4 Å². The molecule has 2 aromatic heterocycles. The first-order valence-corrected chi connectivity index (χ1v) is 8.42. The van der Waals surface area contributed by atoms with Crippen LogP contribution in [0.3, 0.4) is 0 Å². The SMILES string of the molecule is Cc1cc(-c2ccc(CC(=O)Cc3cc(C)oc3C(F)(F)F)cc2)ccn1. The average molecular weight is 373 g/mol. The van der Waals surface area contributed by atoms with Gasteiger partial charge in [-0.1, -0.05) is 24.3 Å². The summed E-state index contributed by atoms with van der Waals surface area (Å²) >= 11 is 0. The molecule has 0 aliphatic carbocycles. The number of furan rings is 1. The van der Waals surface area contributed by atoms with Gasteiger partial charge in [0.25, 0.3) is 0 Å². The maximum Gasteiger partial charge on any atom is 0.449 e. The van der Waals surface area contributed by atoms with Crippen molar-refractivity contribution in [2.75, 3.05) is 0 Å². The van der Waals surface area contributed by atoms with Crippen LogP contribution in [0.2, 0.25) is 0 Å². The second-order valence-corrected chi connectivity index (χ2v) is 6.48. The van der Waals surface area contributed by atoms with Crippen molar-refractivity contribution in [1.82, 2.24) is 4.98 Å². The maximum atomic E-state index is 13.0. The van der Waals surface area contributed by atoms with E-state index in [9.17, 15) is 18.0 Å². The number of rotatable bonds is 5. The molecule has 6 heteroatoms. The van der Waals surface area contributed by atoms with Crippen LogP contribution in [0.25, 0.3) is 11.1 Å². The highest BCUT2D eigenvalue weighted by Crippen LogP contribution is 2.34. The van der Waals surface area contributed by atoms with E-state index in [4.69, 9.17) is 4.42 Å². The highest BCUT2D eigenvalue weighted by atomic mass is 19.4. The Labute approximate surface area is 154 Å². The quantitative estimate of drug-likeness (QED) is 0.607. The lowest BCUT2D eigenvalue weighted by Crippen LogP contribution is -2.11. The predicted octanol–water partition coefficient (Wildman–Crippen LogP) is 5.33. The minimum absolute atomic E-state index is 0.0666. The molecular formula is C21H18F3NO2. The van der Waals surface area contributed by atoms with Crippen molar-refractivity contribution in [3.63, 3.8) is 0 Å². The number of halogens is 3.